The van der Waals surface area contributed by atoms with Gasteiger partial charge in [-0.05, 0) is 25.7 Å². The number of aliphatic carboxylic acids is 1. The zero-order valence-corrected chi connectivity index (χ0v) is 13.8. The molecule has 2 atom stereocenters. The Kier molecular flexibility index (Phi) is 9.80. The lowest BCUT2D eigenvalue weighted by Gasteiger charge is -1.98. The topological polar surface area (TPSA) is 66.9 Å². The Balaban J connectivity index is 1.93. The summed E-state index contributed by atoms with van der Waals surface area (Å²) in [6, 6.07) is 0. The van der Waals surface area contributed by atoms with Crippen molar-refractivity contribution in [2.45, 2.75) is 89.8 Å². The molecule has 1 aliphatic heterocycles. The molecule has 22 heavy (non-hydrogen) atoms. The number of Topliss-reactive ketones (excluding diaryl/α,β-unsaturated/α-hetero) is 1. The molecule has 0 aromatic rings. The minimum atomic E-state index is -0.703. The summed E-state index contributed by atoms with van der Waals surface area (Å²) in [7, 11) is 0. The number of unbranched alkanes of at least 4 members (excludes halogenated alkanes) is 7. The molecule has 1 fully saturated rings. The second kappa shape index (κ2) is 11.4. The lowest BCUT2D eigenvalue weighted by atomic mass is 10.1. The third-order valence-electron chi connectivity index (χ3n) is 3.96. The average Bonchev–Trinajstić information content (AvgIpc) is 3.25. The van der Waals surface area contributed by atoms with Gasteiger partial charge in [-0.15, -0.1) is 0 Å². The molecule has 4 nitrogen and oxygen atoms in total. The van der Waals surface area contributed by atoms with Crippen molar-refractivity contribution < 1.29 is 19.4 Å². The molecule has 0 aromatic heterocycles. The number of carbonyl (C=O) groups excluding carboxylic acids is 1. The predicted octanol–water partition coefficient (Wildman–Crippen LogP) is 4.27. The van der Waals surface area contributed by atoms with Gasteiger partial charge in [-0.3, -0.25) is 9.59 Å². The van der Waals surface area contributed by atoms with E-state index in [0.29, 0.717) is 6.42 Å². The molecule has 1 rings (SSSR count). The molecule has 0 aromatic carbocycles. The third kappa shape index (κ3) is 8.98. The van der Waals surface area contributed by atoms with Crippen LogP contribution in [0.5, 0.6) is 0 Å². The molecule has 1 aliphatic rings. The van der Waals surface area contributed by atoms with Gasteiger partial charge in [-0.2, -0.15) is 0 Å². The second-order valence-corrected chi connectivity index (χ2v) is 6.07. The number of ketones is 1. The predicted molar refractivity (Wildman–Crippen MR) is 86.9 cm³/mol. The van der Waals surface area contributed by atoms with Gasteiger partial charge >= 0.3 is 5.97 Å². The maximum absolute atomic E-state index is 11.8. The molecule has 1 heterocycles. The molecular weight excluding hydrogens is 280 g/mol. The highest BCUT2D eigenvalue weighted by Crippen LogP contribution is 2.26. The van der Waals surface area contributed by atoms with Crippen molar-refractivity contribution in [3.63, 3.8) is 0 Å². The molecule has 126 valence electrons. The first-order chi connectivity index (χ1) is 10.6. The highest BCUT2D eigenvalue weighted by Gasteiger charge is 2.41. The summed E-state index contributed by atoms with van der Waals surface area (Å²) in [4.78, 5) is 22.1. The number of allylic oxidation sites excluding steroid dienone is 1. The lowest BCUT2D eigenvalue weighted by molar-refractivity contribution is -0.137. The minimum absolute atomic E-state index is 0.0182. The molecule has 0 amide bonds. The van der Waals surface area contributed by atoms with Crippen molar-refractivity contribution in [1.82, 2.24) is 0 Å². The summed E-state index contributed by atoms with van der Waals surface area (Å²) in [6.07, 6.45) is 14.3. The van der Waals surface area contributed by atoms with Gasteiger partial charge in [0, 0.05) is 12.8 Å². The first-order valence-electron chi connectivity index (χ1n) is 8.71. The fourth-order valence-electron chi connectivity index (χ4n) is 2.52. The minimum Gasteiger partial charge on any atom is -0.481 e. The molecule has 0 radical (unpaired) electrons. The van der Waals surface area contributed by atoms with Gasteiger partial charge in [0.05, 0.1) is 0 Å². The molecule has 1 saturated heterocycles. The Hall–Kier alpha value is -1.16. The maximum Gasteiger partial charge on any atom is 0.303 e. The number of rotatable bonds is 14. The van der Waals surface area contributed by atoms with Gasteiger partial charge in [-0.1, -0.05) is 51.2 Å². The summed E-state index contributed by atoms with van der Waals surface area (Å²) < 4.78 is 5.40. The fourth-order valence-corrected chi connectivity index (χ4v) is 2.52. The number of carbonyl (C=O) groups is 2. The van der Waals surface area contributed by atoms with Gasteiger partial charge in [0.25, 0.3) is 0 Å². The zero-order valence-electron chi connectivity index (χ0n) is 13.8. The van der Waals surface area contributed by atoms with Gasteiger partial charge in [0.1, 0.15) is 12.2 Å². The normalized spacial score (nSPS) is 20.4. The van der Waals surface area contributed by atoms with Crippen LogP contribution in [0.25, 0.3) is 0 Å². The highest BCUT2D eigenvalue weighted by atomic mass is 16.6. The van der Waals surface area contributed by atoms with E-state index in [2.05, 4.69) is 13.0 Å². The first-order valence-corrected chi connectivity index (χ1v) is 8.71. The number of carboxylic acid groups (broad SMARTS) is 1. The highest BCUT2D eigenvalue weighted by molar-refractivity contribution is 5.86. The molecule has 0 saturated carbocycles. The summed E-state index contributed by atoms with van der Waals surface area (Å²) >= 11 is 0. The van der Waals surface area contributed by atoms with Crippen LogP contribution in [0.15, 0.2) is 12.2 Å². The van der Waals surface area contributed by atoms with E-state index in [1.165, 1.54) is 0 Å². The Labute approximate surface area is 133 Å². The SMILES string of the molecule is CCCCCC(=O)[C@@H]1O[C@H]1/C=C\CCCCCCCC(=O)O. The molecular formula is C18H30O4. The van der Waals surface area contributed by atoms with E-state index in [0.717, 1.165) is 57.8 Å². The number of ether oxygens (including phenoxy) is 1. The van der Waals surface area contributed by atoms with Crippen LogP contribution in [-0.2, 0) is 14.3 Å². The molecule has 0 aliphatic carbocycles. The number of hydrogen-bond acceptors (Lipinski definition) is 3. The Morgan fingerprint density at radius 3 is 2.41 bits per heavy atom. The molecule has 4 heteroatoms. The van der Waals surface area contributed by atoms with E-state index in [1.54, 1.807) is 0 Å². The molecule has 1 N–H and O–H groups in total. The van der Waals surface area contributed by atoms with Gasteiger partial charge < -0.3 is 9.84 Å². The summed E-state index contributed by atoms with van der Waals surface area (Å²) in [5.41, 5.74) is 0. The number of carboxylic acids is 1. The van der Waals surface area contributed by atoms with Crippen molar-refractivity contribution in [2.24, 2.45) is 0 Å². The van der Waals surface area contributed by atoms with E-state index in [1.807, 2.05) is 6.08 Å². The van der Waals surface area contributed by atoms with Crippen LogP contribution in [0.4, 0.5) is 0 Å². The molecule has 0 unspecified atom stereocenters. The van der Waals surface area contributed by atoms with Crippen molar-refractivity contribution in [3.05, 3.63) is 12.2 Å². The van der Waals surface area contributed by atoms with Crippen molar-refractivity contribution in [1.29, 1.82) is 0 Å². The van der Waals surface area contributed by atoms with Crippen LogP contribution < -0.4 is 0 Å². The third-order valence-corrected chi connectivity index (χ3v) is 3.96. The largest absolute Gasteiger partial charge is 0.481 e. The monoisotopic (exact) mass is 310 g/mol. The van der Waals surface area contributed by atoms with E-state index in [-0.39, 0.29) is 24.4 Å². The Morgan fingerprint density at radius 2 is 1.68 bits per heavy atom. The average molecular weight is 310 g/mol. The van der Waals surface area contributed by atoms with Crippen molar-refractivity contribution in [2.75, 3.05) is 0 Å². The molecule has 0 spiro atoms. The fraction of sp³-hybridized carbons (Fsp3) is 0.778. The van der Waals surface area contributed by atoms with Crippen LogP contribution in [0.2, 0.25) is 0 Å². The maximum atomic E-state index is 11.8. The summed E-state index contributed by atoms with van der Waals surface area (Å²) in [5.74, 6) is -0.451. The van der Waals surface area contributed by atoms with Crippen LogP contribution in [0.1, 0.15) is 77.6 Å². The second-order valence-electron chi connectivity index (χ2n) is 6.07. The van der Waals surface area contributed by atoms with Crippen LogP contribution in [0.3, 0.4) is 0 Å². The van der Waals surface area contributed by atoms with Crippen molar-refractivity contribution >= 4 is 11.8 Å². The van der Waals surface area contributed by atoms with Gasteiger partial charge in [0.15, 0.2) is 5.78 Å². The number of epoxide rings is 1. The van der Waals surface area contributed by atoms with Gasteiger partial charge in [-0.25, -0.2) is 0 Å². The van der Waals surface area contributed by atoms with Crippen LogP contribution in [-0.4, -0.2) is 29.1 Å². The van der Waals surface area contributed by atoms with Crippen LogP contribution in [0, 0.1) is 0 Å². The Bertz CT molecular complexity index is 362. The summed E-state index contributed by atoms with van der Waals surface area (Å²) in [6.45, 7) is 2.13. The first kappa shape index (κ1) is 18.9. The van der Waals surface area contributed by atoms with E-state index in [4.69, 9.17) is 9.84 Å². The summed E-state index contributed by atoms with van der Waals surface area (Å²) in [5, 5.41) is 8.52. The Morgan fingerprint density at radius 1 is 1.00 bits per heavy atom. The quantitative estimate of drug-likeness (QED) is 0.295. The van der Waals surface area contributed by atoms with Crippen molar-refractivity contribution in [3.8, 4) is 0 Å². The lowest BCUT2D eigenvalue weighted by Crippen LogP contribution is -2.08. The van der Waals surface area contributed by atoms with E-state index in [9.17, 15) is 9.59 Å². The van der Waals surface area contributed by atoms with E-state index < -0.39 is 5.97 Å². The number of hydrogen-bond donors (Lipinski definition) is 1. The van der Waals surface area contributed by atoms with Crippen LogP contribution >= 0.6 is 0 Å². The van der Waals surface area contributed by atoms with E-state index >= 15 is 0 Å². The standard InChI is InChI=1S/C18H30O4/c1-2-3-9-12-15(19)18-16(22-18)13-10-7-5-4-6-8-11-14-17(20)21/h10,13,16,18H,2-9,11-12,14H2,1H3,(H,20,21)/b13-10-/t16-,18-/m0/s1. The zero-order chi connectivity index (χ0) is 16.2. The van der Waals surface area contributed by atoms with Gasteiger partial charge in [0.2, 0.25) is 0 Å². The molecule has 0 bridgehead atoms. The smallest absolute Gasteiger partial charge is 0.303 e.